The molecule has 0 radical (unpaired) electrons. The fourth-order valence-corrected chi connectivity index (χ4v) is 7.10. The van der Waals surface area contributed by atoms with Gasteiger partial charge in [0.1, 0.15) is 0 Å². The van der Waals surface area contributed by atoms with E-state index in [4.69, 9.17) is 4.98 Å². The van der Waals surface area contributed by atoms with Crippen molar-refractivity contribution in [3.8, 4) is 16.9 Å². The third-order valence-corrected chi connectivity index (χ3v) is 9.06. The summed E-state index contributed by atoms with van der Waals surface area (Å²) in [5, 5.41) is 3.59. The largest absolute Gasteiger partial charge is 0.355 e. The van der Waals surface area contributed by atoms with Gasteiger partial charge < -0.3 is 5.32 Å². The van der Waals surface area contributed by atoms with Gasteiger partial charge in [-0.3, -0.25) is 14.2 Å². The molecule has 198 valence electrons. The topological polar surface area (TPSA) is 64.0 Å². The SMILES string of the molecule is O=C(CSc1nc2c(c(=O)n1-c1ccccc1)C1(CCCCC1)Cc1ccccc1-2)NCCc1ccccc1. The first-order chi connectivity index (χ1) is 19.1. The molecule has 2 aliphatic rings. The molecule has 1 heterocycles. The minimum atomic E-state index is -0.180. The van der Waals surface area contributed by atoms with E-state index in [0.717, 1.165) is 61.0 Å². The summed E-state index contributed by atoms with van der Waals surface area (Å²) in [6.45, 7) is 0.572. The number of amides is 1. The van der Waals surface area contributed by atoms with Crippen molar-refractivity contribution in [2.75, 3.05) is 12.3 Å². The van der Waals surface area contributed by atoms with Crippen LogP contribution in [-0.4, -0.2) is 27.8 Å². The van der Waals surface area contributed by atoms with Crippen LogP contribution in [0.1, 0.15) is 48.8 Å². The highest BCUT2D eigenvalue weighted by molar-refractivity contribution is 7.99. The lowest BCUT2D eigenvalue weighted by atomic mass is 9.62. The van der Waals surface area contributed by atoms with E-state index in [1.165, 1.54) is 29.3 Å². The van der Waals surface area contributed by atoms with Crippen LogP contribution in [0.15, 0.2) is 94.9 Å². The molecule has 3 aromatic carbocycles. The molecule has 1 aromatic heterocycles. The third kappa shape index (κ3) is 5.18. The van der Waals surface area contributed by atoms with Crippen molar-refractivity contribution in [3.05, 3.63) is 112 Å². The van der Waals surface area contributed by atoms with E-state index in [1.54, 1.807) is 4.57 Å². The summed E-state index contributed by atoms with van der Waals surface area (Å²) in [6.07, 6.45) is 7.16. The summed E-state index contributed by atoms with van der Waals surface area (Å²) in [4.78, 5) is 32.5. The number of benzene rings is 3. The van der Waals surface area contributed by atoms with E-state index < -0.39 is 0 Å². The second-order valence-electron chi connectivity index (χ2n) is 10.6. The van der Waals surface area contributed by atoms with Crippen LogP contribution in [0.25, 0.3) is 16.9 Å². The zero-order valence-electron chi connectivity index (χ0n) is 22.1. The Morgan fingerprint density at radius 3 is 2.36 bits per heavy atom. The number of hydrogen-bond acceptors (Lipinski definition) is 4. The van der Waals surface area contributed by atoms with E-state index in [1.807, 2.05) is 54.6 Å². The first-order valence-electron chi connectivity index (χ1n) is 13.9. The van der Waals surface area contributed by atoms with Gasteiger partial charge in [-0.05, 0) is 48.9 Å². The number of thioether (sulfide) groups is 1. The molecule has 1 saturated carbocycles. The second-order valence-corrected chi connectivity index (χ2v) is 11.6. The Bertz CT molecular complexity index is 1530. The molecule has 39 heavy (non-hydrogen) atoms. The Hall–Kier alpha value is -3.64. The average Bonchev–Trinajstić information content (AvgIpc) is 2.97. The van der Waals surface area contributed by atoms with Gasteiger partial charge >= 0.3 is 0 Å². The molecule has 0 saturated heterocycles. The van der Waals surface area contributed by atoms with Crippen molar-refractivity contribution in [3.63, 3.8) is 0 Å². The maximum atomic E-state index is 14.5. The van der Waals surface area contributed by atoms with Crippen molar-refractivity contribution < 1.29 is 4.79 Å². The number of fused-ring (bicyclic) bond motifs is 4. The molecule has 1 spiro atoms. The number of rotatable bonds is 7. The fourth-order valence-electron chi connectivity index (χ4n) is 6.26. The van der Waals surface area contributed by atoms with Crippen LogP contribution in [0.4, 0.5) is 0 Å². The van der Waals surface area contributed by atoms with Crippen LogP contribution in [0, 0.1) is 0 Å². The fraction of sp³-hybridized carbons (Fsp3) is 0.303. The van der Waals surface area contributed by atoms with Crippen LogP contribution in [-0.2, 0) is 23.1 Å². The number of carbonyl (C=O) groups is 1. The van der Waals surface area contributed by atoms with Gasteiger partial charge in [0.2, 0.25) is 5.91 Å². The highest BCUT2D eigenvalue weighted by Gasteiger charge is 2.43. The molecule has 5 nitrogen and oxygen atoms in total. The summed E-state index contributed by atoms with van der Waals surface area (Å²) < 4.78 is 1.74. The van der Waals surface area contributed by atoms with Gasteiger partial charge in [0.25, 0.3) is 5.56 Å². The van der Waals surface area contributed by atoms with E-state index in [-0.39, 0.29) is 22.6 Å². The molecule has 1 N–H and O–H groups in total. The van der Waals surface area contributed by atoms with Crippen molar-refractivity contribution in [2.45, 2.75) is 55.5 Å². The van der Waals surface area contributed by atoms with Gasteiger partial charge in [-0.15, -0.1) is 0 Å². The van der Waals surface area contributed by atoms with Crippen LogP contribution < -0.4 is 10.9 Å². The van der Waals surface area contributed by atoms with Crippen LogP contribution in [0.3, 0.4) is 0 Å². The summed E-state index contributed by atoms with van der Waals surface area (Å²) in [5.41, 5.74) is 5.80. The standard InChI is InChI=1S/C33H33N3O2S/c37-28(34-21-18-24-12-4-1-5-13-24)23-39-32-35-30-27-17-9-8-14-25(27)22-33(19-10-3-11-20-33)29(30)31(38)36(32)26-15-6-2-7-16-26/h1-2,4-9,12-17H,3,10-11,18-23H2,(H,34,37). The lowest BCUT2D eigenvalue weighted by Crippen LogP contribution is -2.43. The summed E-state index contributed by atoms with van der Waals surface area (Å²) >= 11 is 1.33. The third-order valence-electron chi connectivity index (χ3n) is 8.12. The molecule has 1 amide bonds. The Morgan fingerprint density at radius 1 is 0.897 bits per heavy atom. The summed E-state index contributed by atoms with van der Waals surface area (Å²) in [6, 6.07) is 28.3. The maximum absolute atomic E-state index is 14.5. The molecular weight excluding hydrogens is 502 g/mol. The van der Waals surface area contributed by atoms with Gasteiger partial charge in [0.15, 0.2) is 5.16 Å². The van der Waals surface area contributed by atoms with Gasteiger partial charge in [0.05, 0.1) is 22.7 Å². The highest BCUT2D eigenvalue weighted by atomic mass is 32.2. The van der Waals surface area contributed by atoms with Crippen molar-refractivity contribution >= 4 is 17.7 Å². The summed E-state index contributed by atoms with van der Waals surface area (Å²) in [5.74, 6) is 0.131. The molecule has 4 aromatic rings. The Morgan fingerprint density at radius 2 is 1.59 bits per heavy atom. The smallest absolute Gasteiger partial charge is 0.263 e. The lowest BCUT2D eigenvalue weighted by Gasteiger charge is -2.42. The minimum absolute atomic E-state index is 0.00888. The van der Waals surface area contributed by atoms with Gasteiger partial charge in [-0.2, -0.15) is 0 Å². The number of carbonyl (C=O) groups excluding carboxylic acids is 1. The van der Waals surface area contributed by atoms with E-state index >= 15 is 0 Å². The Balaban J connectivity index is 1.36. The molecule has 0 aliphatic heterocycles. The van der Waals surface area contributed by atoms with Crippen LogP contribution in [0.2, 0.25) is 0 Å². The zero-order chi connectivity index (χ0) is 26.7. The Kier molecular flexibility index (Phi) is 7.38. The number of para-hydroxylation sites is 1. The first kappa shape index (κ1) is 25.6. The minimum Gasteiger partial charge on any atom is -0.355 e. The van der Waals surface area contributed by atoms with Crippen molar-refractivity contribution in [1.29, 1.82) is 0 Å². The normalized spacial score (nSPS) is 15.4. The lowest BCUT2D eigenvalue weighted by molar-refractivity contribution is -0.118. The molecule has 1 fully saturated rings. The summed E-state index contributed by atoms with van der Waals surface area (Å²) in [7, 11) is 0. The Labute approximate surface area is 233 Å². The number of nitrogens with one attached hydrogen (secondary N) is 1. The highest BCUT2D eigenvalue weighted by Crippen LogP contribution is 2.49. The molecule has 0 atom stereocenters. The molecule has 6 rings (SSSR count). The first-order valence-corrected chi connectivity index (χ1v) is 14.9. The number of aromatic nitrogens is 2. The van der Waals surface area contributed by atoms with E-state index in [2.05, 4.69) is 35.6 Å². The van der Waals surface area contributed by atoms with Crippen LogP contribution in [0.5, 0.6) is 0 Å². The molecule has 0 unspecified atom stereocenters. The average molecular weight is 536 g/mol. The van der Waals surface area contributed by atoms with Crippen molar-refractivity contribution in [2.24, 2.45) is 0 Å². The van der Waals surface area contributed by atoms with Gasteiger partial charge in [-0.25, -0.2) is 4.98 Å². The molecule has 2 aliphatic carbocycles. The zero-order valence-corrected chi connectivity index (χ0v) is 22.9. The number of hydrogen-bond donors (Lipinski definition) is 1. The van der Waals surface area contributed by atoms with E-state index in [9.17, 15) is 9.59 Å². The molecule has 6 heteroatoms. The predicted molar refractivity (Wildman–Crippen MR) is 158 cm³/mol. The van der Waals surface area contributed by atoms with E-state index in [0.29, 0.717) is 11.7 Å². The van der Waals surface area contributed by atoms with Crippen molar-refractivity contribution in [1.82, 2.24) is 14.9 Å². The van der Waals surface area contributed by atoms with Gasteiger partial charge in [0, 0.05) is 17.5 Å². The second kappa shape index (κ2) is 11.2. The number of nitrogens with zero attached hydrogens (tertiary/aromatic N) is 2. The molecule has 0 bridgehead atoms. The predicted octanol–water partition coefficient (Wildman–Crippen LogP) is 6.11. The maximum Gasteiger partial charge on any atom is 0.263 e. The quantitative estimate of drug-likeness (QED) is 0.229. The van der Waals surface area contributed by atoms with Crippen LogP contribution >= 0.6 is 11.8 Å². The molecular formula is C33H33N3O2S. The monoisotopic (exact) mass is 535 g/mol. The van der Waals surface area contributed by atoms with Gasteiger partial charge in [-0.1, -0.05) is 104 Å².